The van der Waals surface area contributed by atoms with Crippen molar-refractivity contribution >= 4 is 5.78 Å². The highest BCUT2D eigenvalue weighted by atomic mass is 16.8. The quantitative estimate of drug-likeness (QED) is 0.806. The van der Waals surface area contributed by atoms with Crippen LogP contribution in [0.15, 0.2) is 30.3 Å². The summed E-state index contributed by atoms with van der Waals surface area (Å²) in [5.41, 5.74) is 0.567. The minimum Gasteiger partial charge on any atom is -0.394 e. The molecule has 0 saturated carbocycles. The molecule has 1 N–H and O–H groups in total. The van der Waals surface area contributed by atoms with Crippen LogP contribution >= 0.6 is 0 Å². The molecule has 1 heterocycles. The summed E-state index contributed by atoms with van der Waals surface area (Å²) >= 11 is 0. The highest BCUT2D eigenvalue weighted by Gasteiger charge is 2.44. The van der Waals surface area contributed by atoms with Crippen molar-refractivity contribution in [2.75, 3.05) is 6.61 Å². The van der Waals surface area contributed by atoms with Gasteiger partial charge < -0.3 is 14.6 Å². The van der Waals surface area contributed by atoms with E-state index in [0.29, 0.717) is 5.56 Å². The Kier molecular flexibility index (Phi) is 3.28. The van der Waals surface area contributed by atoms with Crippen molar-refractivity contribution in [2.45, 2.75) is 31.8 Å². The predicted molar refractivity (Wildman–Crippen MR) is 61.7 cm³/mol. The maximum Gasteiger partial charge on any atom is 0.194 e. The second-order valence-corrected chi connectivity index (χ2v) is 4.51. The number of carbonyl (C=O) groups is 1. The van der Waals surface area contributed by atoms with Gasteiger partial charge in [0, 0.05) is 5.56 Å². The van der Waals surface area contributed by atoms with Crippen molar-refractivity contribution in [1.29, 1.82) is 0 Å². The van der Waals surface area contributed by atoms with Gasteiger partial charge in [-0.1, -0.05) is 30.3 Å². The van der Waals surface area contributed by atoms with Crippen LogP contribution in [0.2, 0.25) is 0 Å². The highest BCUT2D eigenvalue weighted by molar-refractivity contribution is 6.00. The summed E-state index contributed by atoms with van der Waals surface area (Å²) in [4.78, 5) is 12.2. The van der Waals surface area contributed by atoms with E-state index in [1.165, 1.54) is 0 Å². The van der Waals surface area contributed by atoms with Crippen LogP contribution < -0.4 is 0 Å². The second-order valence-electron chi connectivity index (χ2n) is 4.51. The zero-order chi connectivity index (χ0) is 12.5. The van der Waals surface area contributed by atoms with Gasteiger partial charge in [-0.2, -0.15) is 0 Å². The lowest BCUT2D eigenvalue weighted by Crippen LogP contribution is -2.33. The van der Waals surface area contributed by atoms with Gasteiger partial charge in [0.05, 0.1) is 6.61 Å². The molecule has 0 amide bonds. The molecule has 0 aliphatic carbocycles. The first-order chi connectivity index (χ1) is 8.03. The SMILES string of the molecule is CC1(C)O[C@@H](CO)[C@H](C(=O)c2ccccc2)O1. The zero-order valence-electron chi connectivity index (χ0n) is 9.92. The van der Waals surface area contributed by atoms with Gasteiger partial charge in [-0.3, -0.25) is 4.79 Å². The lowest BCUT2D eigenvalue weighted by Gasteiger charge is -2.16. The number of ketones is 1. The molecular weight excluding hydrogens is 220 g/mol. The average Bonchev–Trinajstić information content (AvgIpc) is 2.65. The maximum atomic E-state index is 12.2. The van der Waals surface area contributed by atoms with E-state index in [2.05, 4.69) is 0 Å². The number of benzene rings is 1. The molecule has 2 rings (SSSR count). The Labute approximate surface area is 100 Å². The Morgan fingerprint density at radius 3 is 2.53 bits per heavy atom. The molecule has 0 bridgehead atoms. The number of rotatable bonds is 3. The van der Waals surface area contributed by atoms with Crippen LogP contribution in [0.5, 0.6) is 0 Å². The molecule has 2 atom stereocenters. The zero-order valence-corrected chi connectivity index (χ0v) is 9.92. The monoisotopic (exact) mass is 236 g/mol. The molecule has 1 aromatic rings. The van der Waals surface area contributed by atoms with Crippen molar-refractivity contribution in [3.05, 3.63) is 35.9 Å². The van der Waals surface area contributed by atoms with Crippen LogP contribution in [-0.2, 0) is 9.47 Å². The Bertz CT molecular complexity index is 399. The van der Waals surface area contributed by atoms with Crippen molar-refractivity contribution in [3.8, 4) is 0 Å². The molecule has 17 heavy (non-hydrogen) atoms. The minimum absolute atomic E-state index is 0.157. The van der Waals surface area contributed by atoms with E-state index in [1.807, 2.05) is 6.07 Å². The number of Topliss-reactive ketones (excluding diaryl/α,β-unsaturated/α-hetero) is 1. The first-order valence-corrected chi connectivity index (χ1v) is 5.59. The lowest BCUT2D eigenvalue weighted by atomic mass is 10.0. The molecule has 1 aliphatic rings. The Morgan fingerprint density at radius 2 is 1.94 bits per heavy atom. The lowest BCUT2D eigenvalue weighted by molar-refractivity contribution is -0.146. The molecule has 1 aromatic carbocycles. The number of hydrogen-bond donors (Lipinski definition) is 1. The van der Waals surface area contributed by atoms with E-state index < -0.39 is 18.0 Å². The molecule has 0 unspecified atom stereocenters. The third kappa shape index (κ3) is 2.54. The fraction of sp³-hybridized carbons (Fsp3) is 0.462. The highest BCUT2D eigenvalue weighted by Crippen LogP contribution is 2.29. The largest absolute Gasteiger partial charge is 0.394 e. The van der Waals surface area contributed by atoms with Crippen molar-refractivity contribution in [2.24, 2.45) is 0 Å². The van der Waals surface area contributed by atoms with Gasteiger partial charge in [0.2, 0.25) is 0 Å². The summed E-state index contributed by atoms with van der Waals surface area (Å²) in [7, 11) is 0. The molecule has 1 fully saturated rings. The molecule has 0 aromatic heterocycles. The van der Waals surface area contributed by atoms with E-state index in [9.17, 15) is 9.90 Å². The molecule has 4 nitrogen and oxygen atoms in total. The Morgan fingerprint density at radius 1 is 1.29 bits per heavy atom. The summed E-state index contributed by atoms with van der Waals surface area (Å²) in [5, 5.41) is 9.21. The van der Waals surface area contributed by atoms with Crippen LogP contribution in [0.4, 0.5) is 0 Å². The molecule has 0 spiro atoms. The molecule has 1 aliphatic heterocycles. The van der Waals surface area contributed by atoms with Gasteiger partial charge in [-0.05, 0) is 13.8 Å². The van der Waals surface area contributed by atoms with Gasteiger partial charge in [-0.15, -0.1) is 0 Å². The molecule has 0 radical (unpaired) electrons. The van der Waals surface area contributed by atoms with E-state index in [0.717, 1.165) is 0 Å². The predicted octanol–water partition coefficient (Wildman–Crippen LogP) is 1.38. The summed E-state index contributed by atoms with van der Waals surface area (Å²) in [6, 6.07) is 8.89. The van der Waals surface area contributed by atoms with E-state index >= 15 is 0 Å². The molecule has 92 valence electrons. The number of carbonyl (C=O) groups excluding carboxylic acids is 1. The van der Waals surface area contributed by atoms with Gasteiger partial charge in [0.1, 0.15) is 6.10 Å². The van der Waals surface area contributed by atoms with Crippen molar-refractivity contribution in [3.63, 3.8) is 0 Å². The normalized spacial score (nSPS) is 27.0. The number of hydrogen-bond acceptors (Lipinski definition) is 4. The first kappa shape index (κ1) is 12.2. The van der Waals surface area contributed by atoms with Crippen LogP contribution in [0, 0.1) is 0 Å². The van der Waals surface area contributed by atoms with E-state index in [-0.39, 0.29) is 12.4 Å². The third-order valence-corrected chi connectivity index (χ3v) is 2.68. The van der Waals surface area contributed by atoms with Crippen LogP contribution in [0.1, 0.15) is 24.2 Å². The topological polar surface area (TPSA) is 55.8 Å². The summed E-state index contributed by atoms with van der Waals surface area (Å²) in [5.74, 6) is -0.988. The van der Waals surface area contributed by atoms with Crippen molar-refractivity contribution < 1.29 is 19.4 Å². The standard InChI is InChI=1S/C13H16O4/c1-13(2)16-10(8-14)12(17-13)11(15)9-6-4-3-5-7-9/h3-7,10,12,14H,8H2,1-2H3/t10-,12+/m0/s1. The summed E-state index contributed by atoms with van der Waals surface area (Å²) in [6.45, 7) is 3.23. The van der Waals surface area contributed by atoms with Gasteiger partial charge in [0.25, 0.3) is 0 Å². The Balaban J connectivity index is 2.20. The molecule has 1 saturated heterocycles. The third-order valence-electron chi connectivity index (χ3n) is 2.68. The van der Waals surface area contributed by atoms with Gasteiger partial charge in [-0.25, -0.2) is 0 Å². The summed E-state index contributed by atoms with van der Waals surface area (Å²) < 4.78 is 11.0. The van der Waals surface area contributed by atoms with Gasteiger partial charge in [0.15, 0.2) is 17.7 Å². The first-order valence-electron chi connectivity index (χ1n) is 5.59. The van der Waals surface area contributed by atoms with E-state index in [1.54, 1.807) is 38.1 Å². The second kappa shape index (κ2) is 4.56. The average molecular weight is 236 g/mol. The number of ether oxygens (including phenoxy) is 2. The van der Waals surface area contributed by atoms with Crippen LogP contribution in [-0.4, -0.2) is 35.5 Å². The smallest absolute Gasteiger partial charge is 0.194 e. The number of aliphatic hydroxyl groups is 1. The minimum atomic E-state index is -0.831. The van der Waals surface area contributed by atoms with E-state index in [4.69, 9.17) is 9.47 Å². The fourth-order valence-corrected chi connectivity index (χ4v) is 1.96. The molecular formula is C13H16O4. The van der Waals surface area contributed by atoms with Crippen LogP contribution in [0.25, 0.3) is 0 Å². The Hall–Kier alpha value is -1.23. The summed E-state index contributed by atoms with van der Waals surface area (Å²) in [6.07, 6.45) is -1.34. The fourth-order valence-electron chi connectivity index (χ4n) is 1.96. The molecule has 4 heteroatoms. The van der Waals surface area contributed by atoms with Crippen molar-refractivity contribution in [1.82, 2.24) is 0 Å². The maximum absolute atomic E-state index is 12.2. The van der Waals surface area contributed by atoms with Crippen LogP contribution in [0.3, 0.4) is 0 Å². The van der Waals surface area contributed by atoms with Gasteiger partial charge >= 0.3 is 0 Å². The number of aliphatic hydroxyl groups excluding tert-OH is 1.